The standard InChI is InChI=1S/C17H17F2NO3/c1-20(16(21)13-4-3-5-15(10-13)22-2)11-12-6-8-14(9-7-12)23-17(18)19/h3-10,17H,11H2,1-2H3. The summed E-state index contributed by atoms with van der Waals surface area (Å²) in [5.74, 6) is 0.542. The molecule has 0 fully saturated rings. The third-order valence-corrected chi connectivity index (χ3v) is 3.23. The highest BCUT2D eigenvalue weighted by Gasteiger charge is 2.13. The lowest BCUT2D eigenvalue weighted by Crippen LogP contribution is -2.26. The van der Waals surface area contributed by atoms with Crippen LogP contribution in [0.5, 0.6) is 11.5 Å². The van der Waals surface area contributed by atoms with Crippen molar-refractivity contribution in [3.8, 4) is 11.5 Å². The molecule has 0 radical (unpaired) electrons. The molecule has 6 heteroatoms. The minimum absolute atomic E-state index is 0.0884. The molecule has 2 rings (SSSR count). The van der Waals surface area contributed by atoms with Crippen molar-refractivity contribution in [3.05, 3.63) is 59.7 Å². The summed E-state index contributed by atoms with van der Waals surface area (Å²) in [6, 6.07) is 13.1. The van der Waals surface area contributed by atoms with Crippen molar-refractivity contribution in [2.24, 2.45) is 0 Å². The average molecular weight is 321 g/mol. The van der Waals surface area contributed by atoms with E-state index < -0.39 is 6.61 Å². The van der Waals surface area contributed by atoms with Gasteiger partial charge in [0.05, 0.1) is 7.11 Å². The van der Waals surface area contributed by atoms with Crippen molar-refractivity contribution in [2.75, 3.05) is 14.2 Å². The summed E-state index contributed by atoms with van der Waals surface area (Å²) in [5.41, 5.74) is 1.33. The maximum Gasteiger partial charge on any atom is 0.387 e. The molecule has 23 heavy (non-hydrogen) atoms. The molecule has 0 atom stereocenters. The second-order valence-electron chi connectivity index (χ2n) is 4.92. The third kappa shape index (κ3) is 4.67. The van der Waals surface area contributed by atoms with Crippen molar-refractivity contribution < 1.29 is 23.0 Å². The van der Waals surface area contributed by atoms with Crippen LogP contribution in [0.1, 0.15) is 15.9 Å². The number of rotatable bonds is 6. The first-order valence-electron chi connectivity index (χ1n) is 6.93. The Labute approximate surface area is 133 Å². The zero-order chi connectivity index (χ0) is 16.8. The molecular weight excluding hydrogens is 304 g/mol. The van der Waals surface area contributed by atoms with Gasteiger partial charge in [0, 0.05) is 19.2 Å². The van der Waals surface area contributed by atoms with Gasteiger partial charge >= 0.3 is 6.61 Å². The van der Waals surface area contributed by atoms with Gasteiger partial charge in [0.25, 0.3) is 5.91 Å². The van der Waals surface area contributed by atoms with E-state index in [0.717, 1.165) is 5.56 Å². The van der Waals surface area contributed by atoms with E-state index in [2.05, 4.69) is 4.74 Å². The normalized spacial score (nSPS) is 10.5. The highest BCUT2D eigenvalue weighted by molar-refractivity contribution is 5.94. The van der Waals surface area contributed by atoms with Gasteiger partial charge in [0.1, 0.15) is 11.5 Å². The van der Waals surface area contributed by atoms with Gasteiger partial charge in [0.2, 0.25) is 0 Å². The average Bonchev–Trinajstić information content (AvgIpc) is 2.55. The minimum Gasteiger partial charge on any atom is -0.497 e. The van der Waals surface area contributed by atoms with Crippen molar-refractivity contribution in [3.63, 3.8) is 0 Å². The Morgan fingerprint density at radius 2 is 1.83 bits per heavy atom. The predicted molar refractivity (Wildman–Crippen MR) is 81.9 cm³/mol. The molecule has 4 nitrogen and oxygen atoms in total. The Bertz CT molecular complexity index is 659. The second-order valence-corrected chi connectivity index (χ2v) is 4.92. The number of halogens is 2. The first-order valence-corrected chi connectivity index (χ1v) is 6.93. The quantitative estimate of drug-likeness (QED) is 0.816. The number of methoxy groups -OCH3 is 1. The Morgan fingerprint density at radius 3 is 2.43 bits per heavy atom. The number of nitrogens with zero attached hydrogens (tertiary/aromatic N) is 1. The number of carbonyl (C=O) groups is 1. The van der Waals surface area contributed by atoms with Crippen LogP contribution >= 0.6 is 0 Å². The maximum absolute atomic E-state index is 12.4. The van der Waals surface area contributed by atoms with Crippen LogP contribution in [0.3, 0.4) is 0 Å². The smallest absolute Gasteiger partial charge is 0.387 e. The molecule has 122 valence electrons. The SMILES string of the molecule is COc1cccc(C(=O)N(C)Cc2ccc(OC(F)F)cc2)c1. The fourth-order valence-electron chi connectivity index (χ4n) is 2.10. The zero-order valence-corrected chi connectivity index (χ0v) is 12.8. The fourth-order valence-corrected chi connectivity index (χ4v) is 2.10. The molecule has 0 aromatic heterocycles. The predicted octanol–water partition coefficient (Wildman–Crippen LogP) is 3.57. The maximum atomic E-state index is 12.4. The third-order valence-electron chi connectivity index (χ3n) is 3.23. The zero-order valence-electron chi connectivity index (χ0n) is 12.8. The molecule has 0 aliphatic heterocycles. The summed E-state index contributed by atoms with van der Waals surface area (Å²) in [5, 5.41) is 0. The monoisotopic (exact) mass is 321 g/mol. The van der Waals surface area contributed by atoms with E-state index in [9.17, 15) is 13.6 Å². The van der Waals surface area contributed by atoms with Gasteiger partial charge in [-0.2, -0.15) is 8.78 Å². The van der Waals surface area contributed by atoms with Crippen molar-refractivity contribution in [1.82, 2.24) is 4.90 Å². The summed E-state index contributed by atoms with van der Waals surface area (Å²) < 4.78 is 33.6. The Kier molecular flexibility index (Phi) is 5.51. The topological polar surface area (TPSA) is 38.8 Å². The second kappa shape index (κ2) is 7.58. The lowest BCUT2D eigenvalue weighted by molar-refractivity contribution is -0.0498. The molecule has 0 aliphatic rings. The molecule has 0 aliphatic carbocycles. The van der Waals surface area contributed by atoms with Gasteiger partial charge < -0.3 is 14.4 Å². The Morgan fingerprint density at radius 1 is 1.13 bits per heavy atom. The van der Waals surface area contributed by atoms with E-state index in [1.165, 1.54) is 24.1 Å². The van der Waals surface area contributed by atoms with E-state index in [1.807, 2.05) is 0 Å². The Hall–Kier alpha value is -2.63. The van der Waals surface area contributed by atoms with E-state index in [4.69, 9.17) is 4.74 Å². The lowest BCUT2D eigenvalue weighted by Gasteiger charge is -2.18. The molecule has 0 unspecified atom stereocenters. The van der Waals surface area contributed by atoms with Crippen molar-refractivity contribution in [2.45, 2.75) is 13.2 Å². The number of carbonyl (C=O) groups excluding carboxylic acids is 1. The van der Waals surface area contributed by atoms with E-state index in [-0.39, 0.29) is 11.7 Å². The molecule has 2 aromatic carbocycles. The number of hydrogen-bond donors (Lipinski definition) is 0. The highest BCUT2D eigenvalue weighted by Crippen LogP contribution is 2.18. The summed E-state index contributed by atoms with van der Waals surface area (Å²) >= 11 is 0. The molecular formula is C17H17F2NO3. The molecule has 0 bridgehead atoms. The van der Waals surface area contributed by atoms with Gasteiger partial charge in [-0.1, -0.05) is 18.2 Å². The number of hydrogen-bond acceptors (Lipinski definition) is 3. The summed E-state index contributed by atoms with van der Waals surface area (Å²) in [7, 11) is 3.21. The number of ether oxygens (including phenoxy) is 2. The highest BCUT2D eigenvalue weighted by atomic mass is 19.3. The summed E-state index contributed by atoms with van der Waals surface area (Å²) in [6.45, 7) is -2.50. The first kappa shape index (κ1) is 16.7. The van der Waals surface area contributed by atoms with Gasteiger partial charge in [0.15, 0.2) is 0 Å². The lowest BCUT2D eigenvalue weighted by atomic mass is 10.1. The number of benzene rings is 2. The number of amides is 1. The molecule has 0 spiro atoms. The van der Waals surface area contributed by atoms with Gasteiger partial charge in [-0.15, -0.1) is 0 Å². The van der Waals surface area contributed by atoms with Crippen LogP contribution in [-0.2, 0) is 6.54 Å². The van der Waals surface area contributed by atoms with E-state index >= 15 is 0 Å². The van der Waals surface area contributed by atoms with Crippen LogP contribution in [0.15, 0.2) is 48.5 Å². The van der Waals surface area contributed by atoms with Crippen LogP contribution in [0.4, 0.5) is 8.78 Å². The Balaban J connectivity index is 2.02. The first-order chi connectivity index (χ1) is 11.0. The van der Waals surface area contributed by atoms with Gasteiger partial charge in [-0.25, -0.2) is 0 Å². The van der Waals surface area contributed by atoms with Gasteiger partial charge in [-0.3, -0.25) is 4.79 Å². The largest absolute Gasteiger partial charge is 0.497 e. The van der Waals surface area contributed by atoms with Crippen LogP contribution < -0.4 is 9.47 Å². The van der Waals surface area contributed by atoms with E-state index in [1.54, 1.807) is 43.4 Å². The molecule has 0 heterocycles. The molecule has 1 amide bonds. The molecule has 0 saturated heterocycles. The fraction of sp³-hybridized carbons (Fsp3) is 0.235. The molecule has 2 aromatic rings. The summed E-state index contributed by atoms with van der Waals surface area (Å²) in [4.78, 5) is 13.9. The van der Waals surface area contributed by atoms with Crippen molar-refractivity contribution in [1.29, 1.82) is 0 Å². The van der Waals surface area contributed by atoms with Crippen LogP contribution in [0.25, 0.3) is 0 Å². The van der Waals surface area contributed by atoms with E-state index in [0.29, 0.717) is 17.9 Å². The van der Waals surface area contributed by atoms with Crippen LogP contribution in [0.2, 0.25) is 0 Å². The van der Waals surface area contributed by atoms with Crippen molar-refractivity contribution >= 4 is 5.91 Å². The minimum atomic E-state index is -2.85. The number of alkyl halides is 2. The molecule has 0 saturated carbocycles. The van der Waals surface area contributed by atoms with Gasteiger partial charge in [-0.05, 0) is 35.9 Å². The van der Waals surface area contributed by atoms with Crippen LogP contribution in [0, 0.1) is 0 Å². The van der Waals surface area contributed by atoms with Crippen LogP contribution in [-0.4, -0.2) is 31.6 Å². The molecule has 0 N–H and O–H groups in total. The summed E-state index contributed by atoms with van der Waals surface area (Å²) in [6.07, 6.45) is 0.